The van der Waals surface area contributed by atoms with Crippen LogP contribution in [0.25, 0.3) is 0 Å². The average Bonchev–Trinajstić information content (AvgIpc) is 2.53. The third-order valence-electron chi connectivity index (χ3n) is 3.60. The summed E-state index contributed by atoms with van der Waals surface area (Å²) in [5.74, 6) is 0.878. The molecule has 0 saturated carbocycles. The molecule has 0 aromatic heterocycles. The lowest BCUT2D eigenvalue weighted by molar-refractivity contribution is 0.493. The van der Waals surface area contributed by atoms with Crippen molar-refractivity contribution < 1.29 is 4.39 Å². The van der Waals surface area contributed by atoms with Gasteiger partial charge in [0.1, 0.15) is 5.82 Å². The number of halogens is 1. The molecule has 2 aromatic carbocycles. The molecule has 1 nitrogen and oxygen atoms in total. The van der Waals surface area contributed by atoms with E-state index in [1.54, 1.807) is 0 Å². The van der Waals surface area contributed by atoms with Crippen molar-refractivity contribution in [1.29, 1.82) is 0 Å². The van der Waals surface area contributed by atoms with E-state index < -0.39 is 0 Å². The van der Waals surface area contributed by atoms with E-state index in [2.05, 4.69) is 30.6 Å². The highest BCUT2D eigenvalue weighted by molar-refractivity contribution is 7.98. The van der Waals surface area contributed by atoms with Gasteiger partial charge in [0.25, 0.3) is 0 Å². The minimum atomic E-state index is -0.193. The molecule has 1 N–H and O–H groups in total. The van der Waals surface area contributed by atoms with Crippen LogP contribution in [0.4, 0.5) is 4.39 Å². The van der Waals surface area contributed by atoms with Crippen LogP contribution < -0.4 is 5.32 Å². The summed E-state index contributed by atoms with van der Waals surface area (Å²) in [6.45, 7) is 2.20. The van der Waals surface area contributed by atoms with E-state index >= 15 is 0 Å². The number of hydrogen-bond donors (Lipinski definition) is 1. The van der Waals surface area contributed by atoms with E-state index in [-0.39, 0.29) is 11.9 Å². The smallest absolute Gasteiger partial charge is 0.123 e. The molecule has 2 unspecified atom stereocenters. The summed E-state index contributed by atoms with van der Waals surface area (Å²) in [7, 11) is 0. The van der Waals surface area contributed by atoms with Crippen LogP contribution in [0.5, 0.6) is 0 Å². The van der Waals surface area contributed by atoms with Crippen molar-refractivity contribution in [1.82, 2.24) is 5.32 Å². The van der Waals surface area contributed by atoms with Crippen molar-refractivity contribution in [2.75, 3.05) is 12.0 Å². The van der Waals surface area contributed by atoms with Gasteiger partial charge in [0.2, 0.25) is 0 Å². The maximum atomic E-state index is 13.2. The molecule has 0 aliphatic heterocycles. The quantitative estimate of drug-likeness (QED) is 0.799. The number of thioether (sulfide) groups is 1. The van der Waals surface area contributed by atoms with Crippen molar-refractivity contribution >= 4 is 11.8 Å². The highest BCUT2D eigenvalue weighted by atomic mass is 32.2. The van der Waals surface area contributed by atoms with Crippen LogP contribution in [0.15, 0.2) is 54.6 Å². The van der Waals surface area contributed by atoms with Gasteiger partial charge < -0.3 is 5.32 Å². The summed E-state index contributed by atoms with van der Waals surface area (Å²) in [6, 6.07) is 17.7. The molecule has 21 heavy (non-hydrogen) atoms. The van der Waals surface area contributed by atoms with Gasteiger partial charge in [-0.3, -0.25) is 0 Å². The van der Waals surface area contributed by atoms with Crippen molar-refractivity contribution in [3.05, 3.63) is 71.5 Å². The molecule has 3 heteroatoms. The van der Waals surface area contributed by atoms with Crippen molar-refractivity contribution in [3.8, 4) is 0 Å². The Kier molecular flexibility index (Phi) is 6.27. The van der Waals surface area contributed by atoms with Gasteiger partial charge in [-0.25, -0.2) is 4.39 Å². The Balaban J connectivity index is 2.28. The van der Waals surface area contributed by atoms with Gasteiger partial charge in [-0.1, -0.05) is 49.4 Å². The number of benzene rings is 2. The molecular formula is C18H22FNS. The molecule has 0 spiro atoms. The van der Waals surface area contributed by atoms with E-state index in [1.165, 1.54) is 17.7 Å². The minimum Gasteiger partial charge on any atom is -0.303 e. The standard InChI is InChI=1S/C18H22FNS/c1-3-17(13-21-2)20-18(14-7-5-4-6-8-14)15-9-11-16(19)12-10-15/h4-12,17-18,20H,3,13H2,1-2H3. The summed E-state index contributed by atoms with van der Waals surface area (Å²) in [6.07, 6.45) is 3.20. The zero-order valence-electron chi connectivity index (χ0n) is 12.6. The van der Waals surface area contributed by atoms with E-state index in [0.29, 0.717) is 6.04 Å². The van der Waals surface area contributed by atoms with Crippen LogP contribution in [0.2, 0.25) is 0 Å². The number of rotatable bonds is 7. The Morgan fingerprint density at radius 3 is 2.19 bits per heavy atom. The summed E-state index contributed by atoms with van der Waals surface area (Å²) in [5.41, 5.74) is 2.31. The van der Waals surface area contributed by atoms with Gasteiger partial charge in [0, 0.05) is 11.8 Å². The maximum Gasteiger partial charge on any atom is 0.123 e. The Hall–Kier alpha value is -1.32. The monoisotopic (exact) mass is 303 g/mol. The second-order valence-corrected chi connectivity index (χ2v) is 6.03. The fourth-order valence-corrected chi connectivity index (χ4v) is 3.14. The fourth-order valence-electron chi connectivity index (χ4n) is 2.41. The molecule has 0 saturated heterocycles. The minimum absolute atomic E-state index is 0.101. The maximum absolute atomic E-state index is 13.2. The molecule has 2 rings (SSSR count). The molecule has 112 valence electrons. The van der Waals surface area contributed by atoms with Gasteiger partial charge in [-0.2, -0.15) is 11.8 Å². The van der Waals surface area contributed by atoms with E-state index in [9.17, 15) is 4.39 Å². The molecule has 0 bridgehead atoms. The van der Waals surface area contributed by atoms with Crippen LogP contribution in [-0.4, -0.2) is 18.1 Å². The summed E-state index contributed by atoms with van der Waals surface area (Å²) in [4.78, 5) is 0. The molecule has 0 amide bonds. The van der Waals surface area contributed by atoms with Crippen molar-refractivity contribution in [3.63, 3.8) is 0 Å². The number of hydrogen-bond acceptors (Lipinski definition) is 2. The van der Waals surface area contributed by atoms with Crippen LogP contribution in [0.1, 0.15) is 30.5 Å². The van der Waals surface area contributed by atoms with Gasteiger partial charge >= 0.3 is 0 Å². The second kappa shape index (κ2) is 8.20. The van der Waals surface area contributed by atoms with Gasteiger partial charge in [0.15, 0.2) is 0 Å². The Morgan fingerprint density at radius 1 is 1.00 bits per heavy atom. The lowest BCUT2D eigenvalue weighted by atomic mass is 9.97. The largest absolute Gasteiger partial charge is 0.303 e. The third-order valence-corrected chi connectivity index (χ3v) is 4.33. The molecular weight excluding hydrogens is 281 g/mol. The van der Waals surface area contributed by atoms with Crippen molar-refractivity contribution in [2.45, 2.75) is 25.4 Å². The molecule has 2 aromatic rings. The highest BCUT2D eigenvalue weighted by Crippen LogP contribution is 2.23. The van der Waals surface area contributed by atoms with Gasteiger partial charge in [0.05, 0.1) is 6.04 Å². The van der Waals surface area contributed by atoms with E-state index in [1.807, 2.05) is 42.1 Å². The zero-order chi connectivity index (χ0) is 15.1. The fraction of sp³-hybridized carbons (Fsp3) is 0.333. The first-order valence-corrected chi connectivity index (χ1v) is 8.69. The first kappa shape index (κ1) is 16.1. The lowest BCUT2D eigenvalue weighted by Gasteiger charge is -2.25. The molecule has 0 aliphatic rings. The SMILES string of the molecule is CCC(CSC)NC(c1ccccc1)c1ccc(F)cc1. The first-order valence-electron chi connectivity index (χ1n) is 7.30. The predicted octanol–water partition coefficient (Wildman–Crippen LogP) is 4.65. The Bertz CT molecular complexity index is 527. The summed E-state index contributed by atoms with van der Waals surface area (Å²) < 4.78 is 13.2. The normalized spacial score (nSPS) is 13.9. The van der Waals surface area contributed by atoms with Gasteiger partial charge in [-0.15, -0.1) is 0 Å². The molecule has 0 aliphatic carbocycles. The Morgan fingerprint density at radius 2 is 1.62 bits per heavy atom. The zero-order valence-corrected chi connectivity index (χ0v) is 13.4. The Labute approximate surface area is 131 Å². The average molecular weight is 303 g/mol. The van der Waals surface area contributed by atoms with Crippen LogP contribution in [-0.2, 0) is 0 Å². The van der Waals surface area contributed by atoms with E-state index in [4.69, 9.17) is 0 Å². The van der Waals surface area contributed by atoms with Crippen LogP contribution in [0, 0.1) is 5.82 Å². The topological polar surface area (TPSA) is 12.0 Å². The highest BCUT2D eigenvalue weighted by Gasteiger charge is 2.17. The summed E-state index contributed by atoms with van der Waals surface area (Å²) in [5, 5.41) is 3.71. The molecule has 2 atom stereocenters. The predicted molar refractivity (Wildman–Crippen MR) is 90.3 cm³/mol. The number of nitrogens with one attached hydrogen (secondary N) is 1. The third kappa shape index (κ3) is 4.58. The van der Waals surface area contributed by atoms with Crippen LogP contribution in [0.3, 0.4) is 0 Å². The van der Waals surface area contributed by atoms with Crippen LogP contribution >= 0.6 is 11.8 Å². The molecule has 0 radical (unpaired) electrons. The van der Waals surface area contributed by atoms with Crippen molar-refractivity contribution in [2.24, 2.45) is 0 Å². The molecule has 0 heterocycles. The van der Waals surface area contributed by atoms with E-state index in [0.717, 1.165) is 17.7 Å². The lowest BCUT2D eigenvalue weighted by Crippen LogP contribution is -2.34. The first-order chi connectivity index (χ1) is 10.2. The molecule has 0 fully saturated rings. The van der Waals surface area contributed by atoms with Gasteiger partial charge in [-0.05, 0) is 35.9 Å². The second-order valence-electron chi connectivity index (χ2n) is 5.12. The summed E-state index contributed by atoms with van der Waals surface area (Å²) >= 11 is 1.85.